The molecule has 0 bridgehead atoms. The quantitative estimate of drug-likeness (QED) is 0.880. The molecule has 1 aliphatic heterocycles. The van der Waals surface area contributed by atoms with Gasteiger partial charge < -0.3 is 5.32 Å². The number of hydrogen-bond acceptors (Lipinski definition) is 4. The summed E-state index contributed by atoms with van der Waals surface area (Å²) in [4.78, 5) is 0.0685. The standard InChI is InChI=1S/C12H14ClN3O2S.ClH/c13-12-4-3-11(6-9(12)7-14)19(17,18)16-10-2-1-5-15-8-10;/h3-4,6,10,15-16H,1-2,5,8H2;1H. The molecule has 0 aromatic heterocycles. The van der Waals surface area contributed by atoms with E-state index in [4.69, 9.17) is 16.9 Å². The first kappa shape index (κ1) is 17.2. The number of piperidine rings is 1. The topological polar surface area (TPSA) is 82.0 Å². The molecule has 0 amide bonds. The van der Waals surface area contributed by atoms with Gasteiger partial charge in [-0.05, 0) is 37.6 Å². The van der Waals surface area contributed by atoms with Gasteiger partial charge in [-0.3, -0.25) is 0 Å². The predicted molar refractivity (Wildman–Crippen MR) is 79.6 cm³/mol. The van der Waals surface area contributed by atoms with E-state index in [0.29, 0.717) is 6.54 Å². The Balaban J connectivity index is 0.00000200. The Kier molecular flexibility index (Phi) is 6.24. The highest BCUT2D eigenvalue weighted by Crippen LogP contribution is 2.20. The van der Waals surface area contributed by atoms with Crippen molar-refractivity contribution in [1.82, 2.24) is 10.0 Å². The largest absolute Gasteiger partial charge is 0.315 e. The monoisotopic (exact) mass is 335 g/mol. The summed E-state index contributed by atoms with van der Waals surface area (Å²) in [6.45, 7) is 1.54. The van der Waals surface area contributed by atoms with E-state index in [2.05, 4.69) is 10.0 Å². The van der Waals surface area contributed by atoms with Crippen LogP contribution in [0.4, 0.5) is 0 Å². The molecule has 1 saturated heterocycles. The summed E-state index contributed by atoms with van der Waals surface area (Å²) in [6.07, 6.45) is 1.75. The minimum absolute atomic E-state index is 0. The van der Waals surface area contributed by atoms with E-state index in [0.717, 1.165) is 19.4 Å². The average molecular weight is 336 g/mol. The summed E-state index contributed by atoms with van der Waals surface area (Å²) in [5, 5.41) is 12.3. The number of nitrogens with one attached hydrogen (secondary N) is 2. The molecule has 0 saturated carbocycles. The Morgan fingerprint density at radius 1 is 1.45 bits per heavy atom. The number of nitrogens with zero attached hydrogens (tertiary/aromatic N) is 1. The molecule has 1 aromatic carbocycles. The number of benzene rings is 1. The summed E-state index contributed by atoms with van der Waals surface area (Å²) in [7, 11) is -3.61. The van der Waals surface area contributed by atoms with Crippen LogP contribution in [0.5, 0.6) is 0 Å². The van der Waals surface area contributed by atoms with E-state index in [1.807, 2.05) is 6.07 Å². The summed E-state index contributed by atoms with van der Waals surface area (Å²) >= 11 is 5.79. The Bertz CT molecular complexity index is 608. The zero-order valence-electron chi connectivity index (χ0n) is 10.6. The zero-order valence-corrected chi connectivity index (χ0v) is 13.0. The number of hydrogen-bond donors (Lipinski definition) is 2. The molecule has 110 valence electrons. The molecule has 1 atom stereocenters. The number of nitriles is 1. The van der Waals surface area contributed by atoms with E-state index < -0.39 is 10.0 Å². The van der Waals surface area contributed by atoms with Crippen LogP contribution in [0.2, 0.25) is 5.02 Å². The van der Waals surface area contributed by atoms with Crippen LogP contribution in [0.25, 0.3) is 0 Å². The van der Waals surface area contributed by atoms with E-state index in [-0.39, 0.29) is 33.9 Å². The molecular formula is C12H15Cl2N3O2S. The van der Waals surface area contributed by atoms with Crippen molar-refractivity contribution in [2.45, 2.75) is 23.8 Å². The highest BCUT2D eigenvalue weighted by atomic mass is 35.5. The lowest BCUT2D eigenvalue weighted by Crippen LogP contribution is -2.45. The summed E-state index contributed by atoms with van der Waals surface area (Å²) in [6, 6.07) is 5.89. The lowest BCUT2D eigenvalue weighted by molar-refractivity contribution is 0.428. The molecule has 5 nitrogen and oxygen atoms in total. The van der Waals surface area contributed by atoms with Gasteiger partial charge in [-0.1, -0.05) is 11.6 Å². The maximum absolute atomic E-state index is 12.2. The fourth-order valence-electron chi connectivity index (χ4n) is 2.00. The Morgan fingerprint density at radius 2 is 2.20 bits per heavy atom. The molecule has 1 unspecified atom stereocenters. The van der Waals surface area contributed by atoms with Crippen molar-refractivity contribution in [3.8, 4) is 6.07 Å². The Labute approximate surface area is 129 Å². The van der Waals surface area contributed by atoms with Crippen molar-refractivity contribution >= 4 is 34.0 Å². The Morgan fingerprint density at radius 3 is 2.80 bits per heavy atom. The Hall–Kier alpha value is -0.840. The third kappa shape index (κ3) is 4.08. The van der Waals surface area contributed by atoms with Crippen molar-refractivity contribution < 1.29 is 8.42 Å². The van der Waals surface area contributed by atoms with Gasteiger partial charge in [-0.15, -0.1) is 12.4 Å². The SMILES string of the molecule is Cl.N#Cc1cc(S(=O)(=O)NC2CCCNC2)ccc1Cl. The molecule has 0 spiro atoms. The zero-order chi connectivity index (χ0) is 13.9. The van der Waals surface area contributed by atoms with E-state index in [1.54, 1.807) is 0 Å². The first-order valence-electron chi connectivity index (χ1n) is 5.95. The smallest absolute Gasteiger partial charge is 0.240 e. The van der Waals surface area contributed by atoms with Gasteiger partial charge in [0, 0.05) is 12.6 Å². The molecular weight excluding hydrogens is 321 g/mol. The molecule has 0 aliphatic carbocycles. The number of halogens is 2. The molecule has 1 heterocycles. The molecule has 1 aromatic rings. The summed E-state index contributed by atoms with van der Waals surface area (Å²) in [5.41, 5.74) is 0.159. The van der Waals surface area contributed by atoms with Crippen molar-refractivity contribution in [2.75, 3.05) is 13.1 Å². The molecule has 2 N–H and O–H groups in total. The van der Waals surface area contributed by atoms with Crippen LogP contribution in [0.3, 0.4) is 0 Å². The molecule has 1 aliphatic rings. The first-order chi connectivity index (χ1) is 9.03. The first-order valence-corrected chi connectivity index (χ1v) is 7.82. The fraction of sp³-hybridized carbons (Fsp3) is 0.417. The fourth-order valence-corrected chi connectivity index (χ4v) is 3.45. The van der Waals surface area contributed by atoms with Crippen LogP contribution < -0.4 is 10.0 Å². The van der Waals surface area contributed by atoms with Crippen molar-refractivity contribution in [1.29, 1.82) is 5.26 Å². The van der Waals surface area contributed by atoms with Gasteiger partial charge in [0.2, 0.25) is 10.0 Å². The lowest BCUT2D eigenvalue weighted by Gasteiger charge is -2.23. The second-order valence-electron chi connectivity index (χ2n) is 4.42. The lowest BCUT2D eigenvalue weighted by atomic mass is 10.1. The second kappa shape index (κ2) is 7.25. The molecule has 2 rings (SSSR count). The maximum atomic E-state index is 12.2. The number of rotatable bonds is 3. The van der Waals surface area contributed by atoms with Gasteiger partial charge in [0.05, 0.1) is 15.5 Å². The number of sulfonamides is 1. The van der Waals surface area contributed by atoms with Gasteiger partial charge in [-0.25, -0.2) is 13.1 Å². The predicted octanol–water partition coefficient (Wildman–Crippen LogP) is 1.66. The maximum Gasteiger partial charge on any atom is 0.240 e. The third-order valence-corrected chi connectivity index (χ3v) is 4.84. The molecule has 0 radical (unpaired) electrons. The van der Waals surface area contributed by atoms with Crippen molar-refractivity contribution in [3.05, 3.63) is 28.8 Å². The normalized spacial score (nSPS) is 18.9. The summed E-state index contributed by atoms with van der Waals surface area (Å²) < 4.78 is 27.0. The van der Waals surface area contributed by atoms with Gasteiger partial charge in [0.15, 0.2) is 0 Å². The van der Waals surface area contributed by atoms with Gasteiger partial charge in [0.25, 0.3) is 0 Å². The van der Waals surface area contributed by atoms with Crippen LogP contribution in [0.15, 0.2) is 23.1 Å². The third-order valence-electron chi connectivity index (χ3n) is 2.99. The van der Waals surface area contributed by atoms with Gasteiger partial charge >= 0.3 is 0 Å². The minimum Gasteiger partial charge on any atom is -0.315 e. The van der Waals surface area contributed by atoms with Crippen LogP contribution in [-0.2, 0) is 10.0 Å². The van der Waals surface area contributed by atoms with Gasteiger partial charge in [-0.2, -0.15) is 5.26 Å². The average Bonchev–Trinajstić information content (AvgIpc) is 2.39. The highest BCUT2D eigenvalue weighted by molar-refractivity contribution is 7.89. The van der Waals surface area contributed by atoms with E-state index >= 15 is 0 Å². The molecule has 8 heteroatoms. The van der Waals surface area contributed by atoms with E-state index in [9.17, 15) is 8.42 Å². The second-order valence-corrected chi connectivity index (χ2v) is 6.54. The van der Waals surface area contributed by atoms with E-state index in [1.165, 1.54) is 18.2 Å². The van der Waals surface area contributed by atoms with Crippen LogP contribution in [-0.4, -0.2) is 27.5 Å². The minimum atomic E-state index is -3.61. The van der Waals surface area contributed by atoms with Crippen molar-refractivity contribution in [2.24, 2.45) is 0 Å². The van der Waals surface area contributed by atoms with Crippen LogP contribution in [0, 0.1) is 11.3 Å². The summed E-state index contributed by atoms with van der Waals surface area (Å²) in [5.74, 6) is 0. The molecule has 1 fully saturated rings. The molecule has 20 heavy (non-hydrogen) atoms. The highest BCUT2D eigenvalue weighted by Gasteiger charge is 2.22. The van der Waals surface area contributed by atoms with Crippen molar-refractivity contribution in [3.63, 3.8) is 0 Å². The van der Waals surface area contributed by atoms with Crippen LogP contribution >= 0.6 is 24.0 Å². The van der Waals surface area contributed by atoms with Crippen LogP contribution in [0.1, 0.15) is 18.4 Å². The van der Waals surface area contributed by atoms with Gasteiger partial charge in [0.1, 0.15) is 6.07 Å².